The maximum Gasteiger partial charge on any atom is 0.194 e. The van der Waals surface area contributed by atoms with Crippen LogP contribution in [0.5, 0.6) is 0 Å². The number of anilines is 1. The summed E-state index contributed by atoms with van der Waals surface area (Å²) >= 11 is 6.32. The molecule has 2 aliphatic heterocycles. The molecule has 164 valence electrons. The third kappa shape index (κ3) is 6.24. The molecule has 2 fully saturated rings. The smallest absolute Gasteiger partial charge is 0.194 e. The van der Waals surface area contributed by atoms with Gasteiger partial charge in [-0.25, -0.2) is 0 Å². The first-order valence-corrected chi connectivity index (χ1v) is 10.7. The highest BCUT2D eigenvalue weighted by Gasteiger charge is 2.22. The second kappa shape index (κ2) is 11.8. The predicted molar refractivity (Wildman–Crippen MR) is 130 cm³/mol. The summed E-state index contributed by atoms with van der Waals surface area (Å²) in [4.78, 5) is 13.6. The average Bonchev–Trinajstić information content (AvgIpc) is 3.45. The number of aliphatic imine (C=N–C) groups is 1. The van der Waals surface area contributed by atoms with Gasteiger partial charge in [-0.1, -0.05) is 11.6 Å². The zero-order valence-corrected chi connectivity index (χ0v) is 20.1. The minimum Gasteiger partial charge on any atom is -0.469 e. The fraction of sp³-hybridized carbons (Fsp3) is 0.524. The summed E-state index contributed by atoms with van der Waals surface area (Å²) in [6.07, 6.45) is 8.51. The van der Waals surface area contributed by atoms with Gasteiger partial charge in [0.15, 0.2) is 5.96 Å². The summed E-state index contributed by atoms with van der Waals surface area (Å²) < 4.78 is 11.2. The standard InChI is InChI=1S/C21H28ClN5O2.HI/c22-19-16-23-7-6-20(19)26-9-11-27(12-10-26)21(25-15-18-4-2-14-29-18)24-8-5-17-3-1-13-28-17;/h1,3,6-7,13,16,18H,2,4-5,8-12,14-15H2,(H,24,25);1H. The third-order valence-electron chi connectivity index (χ3n) is 5.37. The highest BCUT2D eigenvalue weighted by molar-refractivity contribution is 14.0. The molecule has 2 saturated heterocycles. The van der Waals surface area contributed by atoms with E-state index in [0.717, 1.165) is 76.0 Å². The molecule has 1 atom stereocenters. The molecule has 30 heavy (non-hydrogen) atoms. The molecule has 0 spiro atoms. The zero-order chi connectivity index (χ0) is 19.9. The molecule has 7 nitrogen and oxygen atoms in total. The number of furan rings is 1. The molecule has 9 heteroatoms. The lowest BCUT2D eigenvalue weighted by Gasteiger charge is -2.38. The molecule has 2 aromatic rings. The van der Waals surface area contributed by atoms with E-state index in [9.17, 15) is 0 Å². The fourth-order valence-electron chi connectivity index (χ4n) is 3.78. The van der Waals surface area contributed by atoms with Crippen molar-refractivity contribution < 1.29 is 9.15 Å². The quantitative estimate of drug-likeness (QED) is 0.341. The van der Waals surface area contributed by atoms with Gasteiger partial charge in [-0.15, -0.1) is 24.0 Å². The molecule has 2 aromatic heterocycles. The van der Waals surface area contributed by atoms with Crippen molar-refractivity contribution in [3.8, 4) is 0 Å². The number of guanidine groups is 1. The number of hydrogen-bond donors (Lipinski definition) is 1. The average molecular weight is 546 g/mol. The molecule has 0 aromatic carbocycles. The van der Waals surface area contributed by atoms with Crippen LogP contribution in [0.4, 0.5) is 5.69 Å². The van der Waals surface area contributed by atoms with Gasteiger partial charge in [0.2, 0.25) is 0 Å². The first kappa shape index (κ1) is 23.1. The van der Waals surface area contributed by atoms with E-state index >= 15 is 0 Å². The lowest BCUT2D eigenvalue weighted by atomic mass is 10.2. The van der Waals surface area contributed by atoms with Crippen LogP contribution in [0.3, 0.4) is 0 Å². The van der Waals surface area contributed by atoms with E-state index in [1.54, 1.807) is 18.7 Å². The number of halogens is 2. The van der Waals surface area contributed by atoms with Crippen LogP contribution in [0, 0.1) is 0 Å². The van der Waals surface area contributed by atoms with Crippen molar-refractivity contribution >= 4 is 47.2 Å². The van der Waals surface area contributed by atoms with Crippen molar-refractivity contribution in [2.24, 2.45) is 4.99 Å². The van der Waals surface area contributed by atoms with Crippen molar-refractivity contribution in [3.63, 3.8) is 0 Å². The van der Waals surface area contributed by atoms with Crippen molar-refractivity contribution in [2.45, 2.75) is 25.4 Å². The molecule has 4 rings (SSSR count). The summed E-state index contributed by atoms with van der Waals surface area (Å²) in [5.74, 6) is 1.93. The maximum atomic E-state index is 6.32. The van der Waals surface area contributed by atoms with Crippen molar-refractivity contribution in [2.75, 3.05) is 50.8 Å². The lowest BCUT2D eigenvalue weighted by Crippen LogP contribution is -2.53. The second-order valence-electron chi connectivity index (χ2n) is 7.36. The Kier molecular flexibility index (Phi) is 9.07. The summed E-state index contributed by atoms with van der Waals surface area (Å²) in [7, 11) is 0. The number of rotatable bonds is 6. The number of piperazine rings is 1. The third-order valence-corrected chi connectivity index (χ3v) is 5.67. The number of aromatic nitrogens is 1. The highest BCUT2D eigenvalue weighted by atomic mass is 127. The van der Waals surface area contributed by atoms with Gasteiger partial charge in [-0.05, 0) is 31.0 Å². The van der Waals surface area contributed by atoms with Crippen LogP contribution < -0.4 is 10.2 Å². The van der Waals surface area contributed by atoms with Crippen LogP contribution in [0.1, 0.15) is 18.6 Å². The number of ether oxygens (including phenoxy) is 1. The molecule has 0 saturated carbocycles. The zero-order valence-electron chi connectivity index (χ0n) is 17.0. The van der Waals surface area contributed by atoms with E-state index in [0.29, 0.717) is 11.6 Å². The fourth-order valence-corrected chi connectivity index (χ4v) is 4.02. The molecule has 1 unspecified atom stereocenters. The molecule has 2 aliphatic rings. The van der Waals surface area contributed by atoms with Crippen LogP contribution in [-0.4, -0.2) is 67.8 Å². The highest BCUT2D eigenvalue weighted by Crippen LogP contribution is 2.25. The van der Waals surface area contributed by atoms with Crippen LogP contribution >= 0.6 is 35.6 Å². The summed E-state index contributed by atoms with van der Waals surface area (Å²) in [5, 5.41) is 4.22. The van der Waals surface area contributed by atoms with E-state index in [-0.39, 0.29) is 30.1 Å². The van der Waals surface area contributed by atoms with Gasteiger partial charge in [-0.3, -0.25) is 9.98 Å². The maximum absolute atomic E-state index is 6.32. The predicted octanol–water partition coefficient (Wildman–Crippen LogP) is 3.44. The minimum absolute atomic E-state index is 0. The Morgan fingerprint density at radius 1 is 1.27 bits per heavy atom. The van der Waals surface area contributed by atoms with Crippen LogP contribution in [-0.2, 0) is 11.2 Å². The van der Waals surface area contributed by atoms with Gasteiger partial charge in [0.1, 0.15) is 5.76 Å². The van der Waals surface area contributed by atoms with Crippen molar-refractivity contribution in [3.05, 3.63) is 47.6 Å². The first-order valence-electron chi connectivity index (χ1n) is 10.3. The van der Waals surface area contributed by atoms with Crippen molar-refractivity contribution in [1.82, 2.24) is 15.2 Å². The van der Waals surface area contributed by atoms with Crippen LogP contribution in [0.15, 0.2) is 46.3 Å². The Labute approximate surface area is 199 Å². The summed E-state index contributed by atoms with van der Waals surface area (Å²) in [6, 6.07) is 5.90. The molecular weight excluding hydrogens is 517 g/mol. The summed E-state index contributed by atoms with van der Waals surface area (Å²) in [6.45, 7) is 5.90. The largest absolute Gasteiger partial charge is 0.469 e. The SMILES string of the molecule is Clc1cnccc1N1CCN(C(=NCC2CCCO2)NCCc2ccco2)CC1.I. The number of hydrogen-bond acceptors (Lipinski definition) is 5. The van der Waals surface area contributed by atoms with Gasteiger partial charge in [-0.2, -0.15) is 0 Å². The van der Waals surface area contributed by atoms with Gasteiger partial charge in [0.25, 0.3) is 0 Å². The Morgan fingerprint density at radius 3 is 2.83 bits per heavy atom. The molecule has 0 bridgehead atoms. The van der Waals surface area contributed by atoms with E-state index < -0.39 is 0 Å². The molecule has 1 N–H and O–H groups in total. The van der Waals surface area contributed by atoms with E-state index in [1.807, 2.05) is 18.2 Å². The first-order chi connectivity index (χ1) is 14.3. The number of nitrogens with zero attached hydrogens (tertiary/aromatic N) is 4. The minimum atomic E-state index is 0. The molecular formula is C21H29ClIN5O2. The second-order valence-corrected chi connectivity index (χ2v) is 7.76. The number of pyridine rings is 1. The topological polar surface area (TPSA) is 66.1 Å². The molecule has 0 amide bonds. The van der Waals surface area contributed by atoms with Gasteiger partial charge >= 0.3 is 0 Å². The molecule has 0 radical (unpaired) electrons. The Balaban J connectivity index is 0.00000256. The van der Waals surface area contributed by atoms with Crippen LogP contribution in [0.25, 0.3) is 0 Å². The van der Waals surface area contributed by atoms with E-state index in [2.05, 4.69) is 20.1 Å². The van der Waals surface area contributed by atoms with Crippen LogP contribution in [0.2, 0.25) is 5.02 Å². The van der Waals surface area contributed by atoms with E-state index in [4.69, 9.17) is 25.7 Å². The normalized spacial score (nSPS) is 19.6. The Bertz CT molecular complexity index is 790. The number of nitrogens with one attached hydrogen (secondary N) is 1. The van der Waals surface area contributed by atoms with Gasteiger partial charge in [0.05, 0.1) is 29.6 Å². The molecule has 0 aliphatic carbocycles. The molecule has 4 heterocycles. The van der Waals surface area contributed by atoms with Crippen molar-refractivity contribution in [1.29, 1.82) is 0 Å². The summed E-state index contributed by atoms with van der Waals surface area (Å²) in [5.41, 5.74) is 1.05. The Morgan fingerprint density at radius 2 is 2.13 bits per heavy atom. The lowest BCUT2D eigenvalue weighted by molar-refractivity contribution is 0.117. The monoisotopic (exact) mass is 545 g/mol. The van der Waals surface area contributed by atoms with Gasteiger partial charge in [0, 0.05) is 58.1 Å². The van der Waals surface area contributed by atoms with Gasteiger partial charge < -0.3 is 24.3 Å². The Hall–Kier alpha value is -1.52. The van der Waals surface area contributed by atoms with E-state index in [1.165, 1.54) is 0 Å².